The number of aromatic amines is 1. The van der Waals surface area contributed by atoms with Gasteiger partial charge < -0.3 is 9.72 Å². The summed E-state index contributed by atoms with van der Waals surface area (Å²) < 4.78 is 5.47. The molecule has 94 valence electrons. The molecule has 1 atom stereocenters. The van der Waals surface area contributed by atoms with Crippen molar-refractivity contribution in [3.63, 3.8) is 0 Å². The summed E-state index contributed by atoms with van der Waals surface area (Å²) >= 11 is 0. The molecule has 1 aromatic carbocycles. The fourth-order valence-electron chi connectivity index (χ4n) is 3.48. The monoisotopic (exact) mass is 242 g/mol. The summed E-state index contributed by atoms with van der Waals surface area (Å²) in [6.45, 7) is 3.90. The number of benzene rings is 1. The first-order chi connectivity index (χ1) is 8.93. The zero-order valence-electron chi connectivity index (χ0n) is 10.5. The van der Waals surface area contributed by atoms with Crippen LogP contribution in [0.2, 0.25) is 0 Å². The van der Waals surface area contributed by atoms with Crippen LogP contribution in [0.3, 0.4) is 0 Å². The lowest BCUT2D eigenvalue weighted by atomic mass is 9.88. The minimum absolute atomic E-state index is 0.584. The van der Waals surface area contributed by atoms with Gasteiger partial charge in [0, 0.05) is 36.2 Å². The first-order valence-corrected chi connectivity index (χ1v) is 6.84. The lowest BCUT2D eigenvalue weighted by Crippen LogP contribution is -2.39. The molecule has 0 amide bonds. The third-order valence-corrected chi connectivity index (χ3v) is 4.35. The average Bonchev–Trinajstić information content (AvgIpc) is 2.86. The Bertz CT molecular complexity index is 569. The van der Waals surface area contributed by atoms with Crippen molar-refractivity contribution in [2.45, 2.75) is 18.9 Å². The minimum Gasteiger partial charge on any atom is -0.379 e. The van der Waals surface area contributed by atoms with Gasteiger partial charge >= 0.3 is 0 Å². The van der Waals surface area contributed by atoms with Crippen LogP contribution < -0.4 is 0 Å². The van der Waals surface area contributed by atoms with E-state index in [2.05, 4.69) is 34.3 Å². The molecule has 2 heterocycles. The second-order valence-corrected chi connectivity index (χ2v) is 5.29. The van der Waals surface area contributed by atoms with Crippen LogP contribution in [-0.4, -0.2) is 36.2 Å². The molecule has 1 aliphatic heterocycles. The van der Waals surface area contributed by atoms with Crippen molar-refractivity contribution in [3.8, 4) is 0 Å². The molecule has 1 N–H and O–H groups in total. The first-order valence-electron chi connectivity index (χ1n) is 6.84. The quantitative estimate of drug-likeness (QED) is 0.832. The van der Waals surface area contributed by atoms with E-state index in [1.165, 1.54) is 34.9 Å². The highest BCUT2D eigenvalue weighted by Crippen LogP contribution is 2.38. The van der Waals surface area contributed by atoms with E-state index in [9.17, 15) is 0 Å². The molecule has 18 heavy (non-hydrogen) atoms. The standard InChI is InChI=1S/C15H18N2O/c1-2-12-14(17-6-8-18-9-7-17)5-4-11-10-16-13(3-1)15(11)12/h1-3,10,14,16H,4-9H2. The fourth-order valence-corrected chi connectivity index (χ4v) is 3.48. The predicted molar refractivity (Wildman–Crippen MR) is 71.8 cm³/mol. The summed E-state index contributed by atoms with van der Waals surface area (Å²) in [4.78, 5) is 5.99. The van der Waals surface area contributed by atoms with Crippen molar-refractivity contribution in [1.29, 1.82) is 0 Å². The minimum atomic E-state index is 0.584. The van der Waals surface area contributed by atoms with E-state index in [4.69, 9.17) is 4.74 Å². The Morgan fingerprint density at radius 2 is 2.11 bits per heavy atom. The maximum atomic E-state index is 5.47. The van der Waals surface area contributed by atoms with E-state index in [-0.39, 0.29) is 0 Å². The summed E-state index contributed by atoms with van der Waals surface area (Å²) in [6.07, 6.45) is 4.62. The molecule has 0 radical (unpaired) electrons. The number of morpholine rings is 1. The highest BCUT2D eigenvalue weighted by Gasteiger charge is 2.28. The number of ether oxygens (including phenoxy) is 1. The van der Waals surface area contributed by atoms with Gasteiger partial charge in [-0.05, 0) is 30.0 Å². The normalized spacial score (nSPS) is 24.6. The highest BCUT2D eigenvalue weighted by molar-refractivity contribution is 5.87. The number of nitrogens with one attached hydrogen (secondary N) is 1. The van der Waals surface area contributed by atoms with Gasteiger partial charge in [-0.1, -0.05) is 12.1 Å². The molecule has 0 bridgehead atoms. The van der Waals surface area contributed by atoms with Gasteiger partial charge in [0.15, 0.2) is 0 Å². The summed E-state index contributed by atoms with van der Waals surface area (Å²) in [5.41, 5.74) is 4.29. The van der Waals surface area contributed by atoms with Crippen molar-refractivity contribution >= 4 is 10.9 Å². The summed E-state index contributed by atoms with van der Waals surface area (Å²) in [6, 6.07) is 7.25. The van der Waals surface area contributed by atoms with Crippen LogP contribution in [0.4, 0.5) is 0 Å². The predicted octanol–water partition coefficient (Wildman–Crippen LogP) is 2.49. The molecule has 1 saturated heterocycles. The van der Waals surface area contributed by atoms with Gasteiger partial charge in [-0.3, -0.25) is 4.90 Å². The summed E-state index contributed by atoms with van der Waals surface area (Å²) in [7, 11) is 0. The molecular formula is C15H18N2O. The molecule has 1 fully saturated rings. The van der Waals surface area contributed by atoms with Gasteiger partial charge in [-0.15, -0.1) is 0 Å². The number of H-pyrrole nitrogens is 1. The van der Waals surface area contributed by atoms with E-state index in [0.717, 1.165) is 26.3 Å². The third-order valence-electron chi connectivity index (χ3n) is 4.35. The number of rotatable bonds is 1. The first kappa shape index (κ1) is 10.6. The molecule has 0 spiro atoms. The molecule has 1 unspecified atom stereocenters. The second kappa shape index (κ2) is 4.11. The highest BCUT2D eigenvalue weighted by atomic mass is 16.5. The molecular weight excluding hydrogens is 224 g/mol. The zero-order chi connectivity index (χ0) is 11.9. The summed E-state index contributed by atoms with van der Waals surface area (Å²) in [5.74, 6) is 0. The van der Waals surface area contributed by atoms with E-state index in [1.807, 2.05) is 0 Å². The van der Waals surface area contributed by atoms with Gasteiger partial charge in [0.25, 0.3) is 0 Å². The number of hydrogen-bond donors (Lipinski definition) is 1. The van der Waals surface area contributed by atoms with Crippen LogP contribution >= 0.6 is 0 Å². The van der Waals surface area contributed by atoms with Crippen molar-refractivity contribution in [1.82, 2.24) is 9.88 Å². The van der Waals surface area contributed by atoms with Crippen LogP contribution in [-0.2, 0) is 11.2 Å². The molecule has 3 heteroatoms. The third kappa shape index (κ3) is 1.51. The Labute approximate surface area is 107 Å². The molecule has 2 aromatic rings. The van der Waals surface area contributed by atoms with Gasteiger partial charge in [0.1, 0.15) is 0 Å². The van der Waals surface area contributed by atoms with Crippen LogP contribution in [0.5, 0.6) is 0 Å². The maximum Gasteiger partial charge on any atom is 0.0594 e. The van der Waals surface area contributed by atoms with Gasteiger partial charge in [-0.2, -0.15) is 0 Å². The SMILES string of the molecule is c1cc2c3c(c[nH]c3c1)CCC2N1CCOCC1. The number of hydrogen-bond acceptors (Lipinski definition) is 2. The molecule has 4 rings (SSSR count). The molecule has 2 aliphatic rings. The topological polar surface area (TPSA) is 28.3 Å². The van der Waals surface area contributed by atoms with E-state index in [1.54, 1.807) is 0 Å². The Morgan fingerprint density at radius 1 is 1.22 bits per heavy atom. The lowest BCUT2D eigenvalue weighted by molar-refractivity contribution is 0.0141. The lowest BCUT2D eigenvalue weighted by Gasteiger charge is -2.37. The smallest absolute Gasteiger partial charge is 0.0594 e. The van der Waals surface area contributed by atoms with E-state index >= 15 is 0 Å². The number of aromatic nitrogens is 1. The molecule has 1 aromatic heterocycles. The largest absolute Gasteiger partial charge is 0.379 e. The Kier molecular flexibility index (Phi) is 2.42. The van der Waals surface area contributed by atoms with Crippen LogP contribution in [0.1, 0.15) is 23.6 Å². The van der Waals surface area contributed by atoms with E-state index < -0.39 is 0 Å². The van der Waals surface area contributed by atoms with E-state index in [0.29, 0.717) is 6.04 Å². The van der Waals surface area contributed by atoms with Gasteiger partial charge in [0.2, 0.25) is 0 Å². The Hall–Kier alpha value is -1.32. The maximum absolute atomic E-state index is 5.47. The summed E-state index contributed by atoms with van der Waals surface area (Å²) in [5, 5.41) is 1.47. The number of aryl methyl sites for hydroxylation is 1. The Morgan fingerprint density at radius 3 is 3.00 bits per heavy atom. The molecule has 3 nitrogen and oxygen atoms in total. The average molecular weight is 242 g/mol. The van der Waals surface area contributed by atoms with Gasteiger partial charge in [-0.25, -0.2) is 0 Å². The van der Waals surface area contributed by atoms with Crippen molar-refractivity contribution in [3.05, 3.63) is 35.5 Å². The molecule has 1 aliphatic carbocycles. The van der Waals surface area contributed by atoms with Crippen LogP contribution in [0, 0.1) is 0 Å². The number of nitrogens with zero attached hydrogens (tertiary/aromatic N) is 1. The zero-order valence-corrected chi connectivity index (χ0v) is 10.5. The van der Waals surface area contributed by atoms with Crippen molar-refractivity contribution < 1.29 is 4.74 Å². The Balaban J connectivity index is 1.80. The van der Waals surface area contributed by atoms with Crippen LogP contribution in [0.15, 0.2) is 24.4 Å². The van der Waals surface area contributed by atoms with Crippen molar-refractivity contribution in [2.24, 2.45) is 0 Å². The van der Waals surface area contributed by atoms with Crippen LogP contribution in [0.25, 0.3) is 10.9 Å². The van der Waals surface area contributed by atoms with Gasteiger partial charge in [0.05, 0.1) is 13.2 Å². The second-order valence-electron chi connectivity index (χ2n) is 5.29. The fraction of sp³-hybridized carbons (Fsp3) is 0.467. The van der Waals surface area contributed by atoms with Crippen molar-refractivity contribution in [2.75, 3.05) is 26.3 Å². The molecule has 0 saturated carbocycles.